The van der Waals surface area contributed by atoms with Crippen LogP contribution in [0.1, 0.15) is 18.1 Å². The number of rotatable bonds is 6. The lowest BCUT2D eigenvalue weighted by Crippen LogP contribution is -2.28. The summed E-state index contributed by atoms with van der Waals surface area (Å²) in [5, 5.41) is 6.10. The van der Waals surface area contributed by atoms with E-state index in [9.17, 15) is 9.59 Å². The molecule has 2 amide bonds. The molecule has 2 aromatic carbocycles. The highest BCUT2D eigenvalue weighted by atomic mass is 35.5. The third-order valence-electron chi connectivity index (χ3n) is 3.26. The molecule has 0 spiro atoms. The van der Waals surface area contributed by atoms with Crippen molar-refractivity contribution in [3.63, 3.8) is 0 Å². The number of anilines is 1. The van der Waals surface area contributed by atoms with Gasteiger partial charge in [0.15, 0.2) is 6.61 Å². The minimum absolute atomic E-state index is 0.0630. The van der Waals surface area contributed by atoms with E-state index in [2.05, 4.69) is 10.6 Å². The van der Waals surface area contributed by atoms with Gasteiger partial charge >= 0.3 is 0 Å². The second-order valence-electron chi connectivity index (χ2n) is 5.35. The molecule has 2 aromatic rings. The Bertz CT molecular complexity index is 730. The van der Waals surface area contributed by atoms with Gasteiger partial charge in [-0.1, -0.05) is 23.7 Å². The second kappa shape index (κ2) is 8.36. The van der Waals surface area contributed by atoms with Crippen LogP contribution in [0.15, 0.2) is 42.5 Å². The number of aryl methyl sites for hydroxylation is 1. The normalized spacial score (nSPS) is 10.1. The van der Waals surface area contributed by atoms with Crippen molar-refractivity contribution in [2.24, 2.45) is 0 Å². The van der Waals surface area contributed by atoms with E-state index >= 15 is 0 Å². The first kappa shape index (κ1) is 17.8. The molecule has 0 atom stereocenters. The minimum Gasteiger partial charge on any atom is -0.484 e. The third-order valence-corrected chi connectivity index (χ3v) is 3.49. The monoisotopic (exact) mass is 346 g/mol. The van der Waals surface area contributed by atoms with Crippen molar-refractivity contribution in [2.45, 2.75) is 20.4 Å². The Morgan fingerprint density at radius 3 is 2.46 bits per heavy atom. The summed E-state index contributed by atoms with van der Waals surface area (Å²) in [5.41, 5.74) is 2.53. The standard InChI is InChI=1S/C18H19ClN2O3/c1-12-9-15(19)5-8-17(12)24-11-18(23)20-10-14-3-6-16(7-4-14)21-13(2)22/h3-9H,10-11H2,1-2H3,(H,20,23)(H,21,22). The van der Waals surface area contributed by atoms with Gasteiger partial charge in [-0.25, -0.2) is 0 Å². The average molecular weight is 347 g/mol. The van der Waals surface area contributed by atoms with Crippen LogP contribution in [0, 0.1) is 6.92 Å². The van der Waals surface area contributed by atoms with Crippen LogP contribution < -0.4 is 15.4 Å². The molecular weight excluding hydrogens is 328 g/mol. The van der Waals surface area contributed by atoms with Gasteiger partial charge in [-0.3, -0.25) is 9.59 Å². The van der Waals surface area contributed by atoms with Gasteiger partial charge in [0, 0.05) is 24.2 Å². The number of carbonyl (C=O) groups is 2. The van der Waals surface area contributed by atoms with E-state index in [0.717, 1.165) is 16.8 Å². The Hall–Kier alpha value is -2.53. The zero-order valence-corrected chi connectivity index (χ0v) is 14.3. The molecule has 0 aliphatic rings. The molecule has 2 N–H and O–H groups in total. The number of hydrogen-bond donors (Lipinski definition) is 2. The number of amides is 2. The number of nitrogens with one attached hydrogen (secondary N) is 2. The fourth-order valence-corrected chi connectivity index (χ4v) is 2.31. The Morgan fingerprint density at radius 1 is 1.12 bits per heavy atom. The molecule has 0 fully saturated rings. The lowest BCUT2D eigenvalue weighted by molar-refractivity contribution is -0.123. The maximum atomic E-state index is 11.9. The summed E-state index contributed by atoms with van der Waals surface area (Å²) < 4.78 is 5.49. The van der Waals surface area contributed by atoms with Gasteiger partial charge in [0.05, 0.1) is 0 Å². The lowest BCUT2D eigenvalue weighted by atomic mass is 10.2. The first-order valence-corrected chi connectivity index (χ1v) is 7.84. The van der Waals surface area contributed by atoms with Gasteiger partial charge in [-0.15, -0.1) is 0 Å². The number of hydrogen-bond acceptors (Lipinski definition) is 3. The van der Waals surface area contributed by atoms with Gasteiger partial charge in [0.2, 0.25) is 5.91 Å². The number of benzene rings is 2. The summed E-state index contributed by atoms with van der Waals surface area (Å²) in [7, 11) is 0. The van der Waals surface area contributed by atoms with Gasteiger partial charge in [-0.05, 0) is 48.4 Å². The van der Waals surface area contributed by atoms with E-state index < -0.39 is 0 Å². The van der Waals surface area contributed by atoms with E-state index in [1.54, 1.807) is 30.3 Å². The van der Waals surface area contributed by atoms with Gasteiger partial charge < -0.3 is 15.4 Å². The molecule has 6 heteroatoms. The van der Waals surface area contributed by atoms with Crippen LogP contribution in [-0.4, -0.2) is 18.4 Å². The van der Waals surface area contributed by atoms with Crippen LogP contribution in [0.3, 0.4) is 0 Å². The van der Waals surface area contributed by atoms with E-state index in [1.807, 2.05) is 19.1 Å². The maximum absolute atomic E-state index is 11.9. The molecule has 0 saturated carbocycles. The molecule has 0 saturated heterocycles. The first-order valence-electron chi connectivity index (χ1n) is 7.46. The molecule has 126 valence electrons. The highest BCUT2D eigenvalue weighted by Crippen LogP contribution is 2.21. The molecule has 5 nitrogen and oxygen atoms in total. The second-order valence-corrected chi connectivity index (χ2v) is 5.79. The molecule has 0 unspecified atom stereocenters. The van der Waals surface area contributed by atoms with E-state index in [0.29, 0.717) is 17.3 Å². The summed E-state index contributed by atoms with van der Waals surface area (Å²) >= 11 is 5.88. The number of carbonyl (C=O) groups excluding carboxylic acids is 2. The molecule has 24 heavy (non-hydrogen) atoms. The lowest BCUT2D eigenvalue weighted by Gasteiger charge is -2.10. The zero-order valence-electron chi connectivity index (χ0n) is 13.6. The van der Waals surface area contributed by atoms with Crippen LogP contribution >= 0.6 is 11.6 Å². The molecule has 0 aliphatic heterocycles. The van der Waals surface area contributed by atoms with Crippen molar-refractivity contribution in [3.8, 4) is 5.75 Å². The molecule has 0 aromatic heterocycles. The van der Waals surface area contributed by atoms with Crippen LogP contribution in [0.2, 0.25) is 5.02 Å². The van der Waals surface area contributed by atoms with E-state index in [4.69, 9.17) is 16.3 Å². The molecule has 0 radical (unpaired) electrons. The SMILES string of the molecule is CC(=O)Nc1ccc(CNC(=O)COc2ccc(Cl)cc2C)cc1. The van der Waals surface area contributed by atoms with Gasteiger partial charge in [-0.2, -0.15) is 0 Å². The maximum Gasteiger partial charge on any atom is 0.258 e. The first-order chi connectivity index (χ1) is 11.4. The Morgan fingerprint density at radius 2 is 1.83 bits per heavy atom. The fraction of sp³-hybridized carbons (Fsp3) is 0.222. The molecule has 0 bridgehead atoms. The Kier molecular flexibility index (Phi) is 6.21. The molecular formula is C18H19ClN2O3. The van der Waals surface area contributed by atoms with Gasteiger partial charge in [0.1, 0.15) is 5.75 Å². The van der Waals surface area contributed by atoms with Crippen molar-refractivity contribution in [3.05, 3.63) is 58.6 Å². The van der Waals surface area contributed by atoms with Gasteiger partial charge in [0.25, 0.3) is 5.91 Å². The highest BCUT2D eigenvalue weighted by molar-refractivity contribution is 6.30. The average Bonchev–Trinajstić information content (AvgIpc) is 2.53. The summed E-state index contributed by atoms with van der Waals surface area (Å²) in [6.45, 7) is 3.65. The summed E-state index contributed by atoms with van der Waals surface area (Å²) in [4.78, 5) is 22.8. The molecule has 0 aliphatic carbocycles. The van der Waals surface area contributed by atoms with Crippen LogP contribution in [0.5, 0.6) is 5.75 Å². The number of ether oxygens (including phenoxy) is 1. The van der Waals surface area contributed by atoms with Crippen molar-refractivity contribution in [1.29, 1.82) is 0 Å². The van der Waals surface area contributed by atoms with E-state index in [-0.39, 0.29) is 18.4 Å². The smallest absolute Gasteiger partial charge is 0.258 e. The zero-order chi connectivity index (χ0) is 17.5. The van der Waals surface area contributed by atoms with Crippen LogP contribution in [-0.2, 0) is 16.1 Å². The summed E-state index contributed by atoms with van der Waals surface area (Å²) in [6.07, 6.45) is 0. The predicted octanol–water partition coefficient (Wildman–Crippen LogP) is 3.30. The minimum atomic E-state index is -0.213. The Balaban J connectivity index is 1.79. The van der Waals surface area contributed by atoms with Crippen molar-refractivity contribution in [1.82, 2.24) is 5.32 Å². The summed E-state index contributed by atoms with van der Waals surface area (Å²) in [5.74, 6) is 0.301. The van der Waals surface area contributed by atoms with Crippen LogP contribution in [0.4, 0.5) is 5.69 Å². The fourth-order valence-electron chi connectivity index (χ4n) is 2.08. The Labute approximate surface area is 146 Å². The topological polar surface area (TPSA) is 67.4 Å². The predicted molar refractivity (Wildman–Crippen MR) is 94.3 cm³/mol. The highest BCUT2D eigenvalue weighted by Gasteiger charge is 2.05. The largest absolute Gasteiger partial charge is 0.484 e. The van der Waals surface area contributed by atoms with Crippen LogP contribution in [0.25, 0.3) is 0 Å². The van der Waals surface area contributed by atoms with Crippen molar-refractivity contribution >= 4 is 29.1 Å². The third kappa shape index (κ3) is 5.59. The number of halogens is 1. The van der Waals surface area contributed by atoms with Crippen molar-refractivity contribution < 1.29 is 14.3 Å². The molecule has 0 heterocycles. The summed E-state index contributed by atoms with van der Waals surface area (Å²) in [6, 6.07) is 12.5. The quantitative estimate of drug-likeness (QED) is 0.843. The van der Waals surface area contributed by atoms with E-state index in [1.165, 1.54) is 6.92 Å². The molecule has 2 rings (SSSR count). The van der Waals surface area contributed by atoms with Crippen molar-refractivity contribution in [2.75, 3.05) is 11.9 Å².